The molecule has 1 atom stereocenters. The van der Waals surface area contributed by atoms with E-state index in [-0.39, 0.29) is 6.04 Å². The summed E-state index contributed by atoms with van der Waals surface area (Å²) < 4.78 is 26.9. The fraction of sp³-hybridized carbons (Fsp3) is 0.267. The number of benzene rings is 1. The summed E-state index contributed by atoms with van der Waals surface area (Å²) >= 11 is 0. The van der Waals surface area contributed by atoms with Crippen LogP contribution in [0, 0.1) is 18.6 Å². The summed E-state index contributed by atoms with van der Waals surface area (Å²) in [4.78, 5) is 4.41. The molecule has 0 aliphatic heterocycles. The molecule has 1 heterocycles. The number of nitrogens with one attached hydrogen (secondary N) is 1. The summed E-state index contributed by atoms with van der Waals surface area (Å²) in [6.07, 6.45) is 0. The molecule has 1 aromatic carbocycles. The summed E-state index contributed by atoms with van der Waals surface area (Å²) in [6, 6.07) is 8.85. The number of hydrogen-bond acceptors (Lipinski definition) is 2. The van der Waals surface area contributed by atoms with Crippen LogP contribution in [0.25, 0.3) is 0 Å². The molecule has 4 heteroatoms. The molecular weight excluding hydrogens is 246 g/mol. The number of aromatic nitrogens is 1. The Morgan fingerprint density at radius 1 is 1.21 bits per heavy atom. The van der Waals surface area contributed by atoms with Crippen molar-refractivity contribution in [2.24, 2.45) is 0 Å². The second-order valence-electron chi connectivity index (χ2n) is 4.36. The van der Waals surface area contributed by atoms with E-state index >= 15 is 0 Å². The Labute approximate surface area is 111 Å². The Hall–Kier alpha value is -1.81. The predicted molar refractivity (Wildman–Crippen MR) is 70.9 cm³/mol. The zero-order chi connectivity index (χ0) is 13.8. The van der Waals surface area contributed by atoms with E-state index in [4.69, 9.17) is 0 Å². The van der Waals surface area contributed by atoms with Gasteiger partial charge in [-0.2, -0.15) is 0 Å². The van der Waals surface area contributed by atoms with Crippen molar-refractivity contribution in [1.82, 2.24) is 10.3 Å². The lowest BCUT2D eigenvalue weighted by molar-refractivity contribution is 0.535. The Kier molecular flexibility index (Phi) is 4.22. The van der Waals surface area contributed by atoms with Gasteiger partial charge in [0.25, 0.3) is 0 Å². The second-order valence-corrected chi connectivity index (χ2v) is 4.36. The van der Waals surface area contributed by atoms with Gasteiger partial charge in [-0.05, 0) is 31.7 Å². The van der Waals surface area contributed by atoms with E-state index in [1.165, 1.54) is 12.1 Å². The normalized spacial score (nSPS) is 12.4. The lowest BCUT2D eigenvalue weighted by Crippen LogP contribution is -2.24. The highest BCUT2D eigenvalue weighted by Crippen LogP contribution is 2.23. The maximum absolute atomic E-state index is 13.9. The van der Waals surface area contributed by atoms with Crippen LogP contribution in [0.3, 0.4) is 0 Å². The van der Waals surface area contributed by atoms with Crippen LogP contribution >= 0.6 is 0 Å². The smallest absolute Gasteiger partial charge is 0.131 e. The van der Waals surface area contributed by atoms with E-state index in [0.717, 1.165) is 17.5 Å². The van der Waals surface area contributed by atoms with Crippen molar-refractivity contribution in [3.63, 3.8) is 0 Å². The Balaban J connectivity index is 2.45. The number of hydrogen-bond donors (Lipinski definition) is 1. The third-order valence-electron chi connectivity index (χ3n) is 2.89. The van der Waals surface area contributed by atoms with E-state index in [2.05, 4.69) is 10.3 Å². The fourth-order valence-corrected chi connectivity index (χ4v) is 2.04. The molecule has 1 unspecified atom stereocenters. The summed E-state index contributed by atoms with van der Waals surface area (Å²) in [6.45, 7) is 4.48. The summed E-state index contributed by atoms with van der Waals surface area (Å²) in [5.41, 5.74) is 2.00. The molecule has 0 aliphatic carbocycles. The highest BCUT2D eigenvalue weighted by Gasteiger charge is 2.18. The fourth-order valence-electron chi connectivity index (χ4n) is 2.04. The van der Waals surface area contributed by atoms with Crippen LogP contribution in [0.1, 0.15) is 29.9 Å². The van der Waals surface area contributed by atoms with Crippen LogP contribution in [-0.2, 0) is 0 Å². The molecule has 19 heavy (non-hydrogen) atoms. The first kappa shape index (κ1) is 13.6. The van der Waals surface area contributed by atoms with Crippen LogP contribution < -0.4 is 5.32 Å². The van der Waals surface area contributed by atoms with Gasteiger partial charge in [0.2, 0.25) is 0 Å². The molecule has 1 aromatic heterocycles. The van der Waals surface area contributed by atoms with Crippen molar-refractivity contribution in [2.75, 3.05) is 6.54 Å². The van der Waals surface area contributed by atoms with Crippen molar-refractivity contribution < 1.29 is 8.78 Å². The van der Waals surface area contributed by atoms with E-state index in [0.29, 0.717) is 12.1 Å². The van der Waals surface area contributed by atoms with Gasteiger partial charge in [0.15, 0.2) is 0 Å². The number of pyridine rings is 1. The van der Waals surface area contributed by atoms with Gasteiger partial charge in [0, 0.05) is 17.3 Å². The number of rotatable bonds is 4. The third kappa shape index (κ3) is 3.15. The molecule has 100 valence electrons. The van der Waals surface area contributed by atoms with Gasteiger partial charge in [-0.1, -0.05) is 19.1 Å². The van der Waals surface area contributed by atoms with E-state index in [9.17, 15) is 8.78 Å². The van der Waals surface area contributed by atoms with Crippen molar-refractivity contribution in [1.29, 1.82) is 0 Å². The van der Waals surface area contributed by atoms with Crippen molar-refractivity contribution in [3.05, 3.63) is 65.0 Å². The summed E-state index contributed by atoms with van der Waals surface area (Å²) in [7, 11) is 0. The minimum atomic E-state index is -0.575. The van der Waals surface area contributed by atoms with Crippen LogP contribution in [0.15, 0.2) is 36.4 Å². The topological polar surface area (TPSA) is 24.9 Å². The van der Waals surface area contributed by atoms with Gasteiger partial charge in [0.05, 0.1) is 11.7 Å². The molecule has 0 saturated heterocycles. The average molecular weight is 262 g/mol. The number of halogens is 2. The quantitative estimate of drug-likeness (QED) is 0.913. The third-order valence-corrected chi connectivity index (χ3v) is 2.89. The molecule has 0 saturated carbocycles. The first-order chi connectivity index (χ1) is 9.11. The van der Waals surface area contributed by atoms with Gasteiger partial charge in [-0.15, -0.1) is 0 Å². The molecule has 0 radical (unpaired) electrons. The number of nitrogens with zero attached hydrogens (tertiary/aromatic N) is 1. The maximum atomic E-state index is 13.9. The van der Waals surface area contributed by atoms with Crippen molar-refractivity contribution >= 4 is 0 Å². The van der Waals surface area contributed by atoms with Gasteiger partial charge >= 0.3 is 0 Å². The Morgan fingerprint density at radius 3 is 2.63 bits per heavy atom. The molecule has 2 aromatic rings. The van der Waals surface area contributed by atoms with Gasteiger partial charge in [-0.25, -0.2) is 8.78 Å². The first-order valence-corrected chi connectivity index (χ1v) is 6.23. The molecule has 2 rings (SSSR count). The molecule has 2 nitrogen and oxygen atoms in total. The number of aryl methyl sites for hydroxylation is 1. The molecule has 0 aliphatic rings. The average Bonchev–Trinajstić information content (AvgIpc) is 2.37. The summed E-state index contributed by atoms with van der Waals surface area (Å²) in [5.74, 6) is -1.14. The Bertz CT molecular complexity index is 570. The van der Waals surface area contributed by atoms with Crippen LogP contribution in [0.5, 0.6) is 0 Å². The van der Waals surface area contributed by atoms with Crippen molar-refractivity contribution in [3.8, 4) is 0 Å². The van der Waals surface area contributed by atoms with E-state index in [1.54, 1.807) is 0 Å². The molecule has 0 spiro atoms. The second kappa shape index (κ2) is 5.89. The minimum absolute atomic E-state index is 0.370. The minimum Gasteiger partial charge on any atom is -0.305 e. The van der Waals surface area contributed by atoms with Crippen molar-refractivity contribution in [2.45, 2.75) is 19.9 Å². The molecule has 1 N–H and O–H groups in total. The zero-order valence-corrected chi connectivity index (χ0v) is 11.0. The summed E-state index contributed by atoms with van der Waals surface area (Å²) in [5, 5.41) is 3.18. The van der Waals surface area contributed by atoms with Crippen LogP contribution in [0.4, 0.5) is 8.78 Å². The lowest BCUT2D eigenvalue weighted by atomic mass is 10.0. The molecule has 0 bridgehead atoms. The molecular formula is C15H16F2N2. The molecule has 0 amide bonds. The van der Waals surface area contributed by atoms with E-state index in [1.807, 2.05) is 32.0 Å². The maximum Gasteiger partial charge on any atom is 0.131 e. The van der Waals surface area contributed by atoms with Crippen LogP contribution in [-0.4, -0.2) is 11.5 Å². The highest BCUT2D eigenvalue weighted by molar-refractivity contribution is 5.30. The predicted octanol–water partition coefficient (Wildman–Crippen LogP) is 3.37. The SMILES string of the molecule is CCNC(c1cccc(C)n1)c1ccc(F)cc1F. The zero-order valence-electron chi connectivity index (χ0n) is 11.0. The van der Waals surface area contributed by atoms with Crippen LogP contribution in [0.2, 0.25) is 0 Å². The molecule has 0 fully saturated rings. The monoisotopic (exact) mass is 262 g/mol. The highest BCUT2D eigenvalue weighted by atomic mass is 19.1. The first-order valence-electron chi connectivity index (χ1n) is 6.23. The standard InChI is InChI=1S/C15H16F2N2/c1-3-18-15(14-6-4-5-10(2)19-14)12-8-7-11(16)9-13(12)17/h4-9,15,18H,3H2,1-2H3. The van der Waals surface area contributed by atoms with Gasteiger partial charge in [-0.3, -0.25) is 4.98 Å². The van der Waals surface area contributed by atoms with E-state index < -0.39 is 11.6 Å². The van der Waals surface area contributed by atoms with Gasteiger partial charge in [0.1, 0.15) is 11.6 Å². The van der Waals surface area contributed by atoms with Gasteiger partial charge < -0.3 is 5.32 Å². The lowest BCUT2D eigenvalue weighted by Gasteiger charge is -2.19. The largest absolute Gasteiger partial charge is 0.305 e. The Morgan fingerprint density at radius 2 is 2.00 bits per heavy atom.